The van der Waals surface area contributed by atoms with E-state index >= 15 is 0 Å². The Morgan fingerprint density at radius 1 is 1.38 bits per heavy atom. The summed E-state index contributed by atoms with van der Waals surface area (Å²) in [5, 5.41) is 4.54. The molecule has 124 valence electrons. The minimum absolute atomic E-state index is 0.121. The number of furan rings is 1. The quantitative estimate of drug-likeness (QED) is 0.708. The molecule has 24 heavy (non-hydrogen) atoms. The molecule has 1 aromatic carbocycles. The monoisotopic (exact) mass is 344 g/mol. The van der Waals surface area contributed by atoms with Crippen molar-refractivity contribution in [1.82, 2.24) is 4.98 Å². The summed E-state index contributed by atoms with van der Waals surface area (Å²) in [7, 11) is 0. The number of nitrogens with one attached hydrogen (secondary N) is 1. The van der Waals surface area contributed by atoms with Crippen LogP contribution in [0.5, 0.6) is 0 Å². The molecule has 2 aromatic heterocycles. The van der Waals surface area contributed by atoms with Gasteiger partial charge in [-0.2, -0.15) is 0 Å². The minimum atomic E-state index is -0.336. The fourth-order valence-electron chi connectivity index (χ4n) is 3.12. The first-order valence-electron chi connectivity index (χ1n) is 8.06. The summed E-state index contributed by atoms with van der Waals surface area (Å²) < 4.78 is 19.0. The summed E-state index contributed by atoms with van der Waals surface area (Å²) in [4.78, 5) is 18.4. The van der Waals surface area contributed by atoms with Crippen LogP contribution in [-0.2, 0) is 12.8 Å². The predicted molar refractivity (Wildman–Crippen MR) is 92.5 cm³/mol. The number of carbonyl (C=O) groups excluding carboxylic acids is 1. The van der Waals surface area contributed by atoms with Crippen LogP contribution in [0.25, 0.3) is 11.0 Å². The number of ketones is 1. The molecule has 0 saturated carbocycles. The van der Waals surface area contributed by atoms with E-state index in [4.69, 9.17) is 4.42 Å². The molecule has 0 spiro atoms. The molecule has 0 radical (unpaired) electrons. The maximum atomic E-state index is 13.4. The van der Waals surface area contributed by atoms with Crippen molar-refractivity contribution < 1.29 is 13.6 Å². The molecule has 4 nitrogen and oxygen atoms in total. The number of fused-ring (bicyclic) bond motifs is 2. The molecule has 0 saturated heterocycles. The van der Waals surface area contributed by atoms with Gasteiger partial charge in [0.1, 0.15) is 11.4 Å². The topological polar surface area (TPSA) is 55.1 Å². The van der Waals surface area contributed by atoms with E-state index in [2.05, 4.69) is 10.3 Å². The lowest BCUT2D eigenvalue weighted by atomic mass is 10.0. The number of halogens is 1. The van der Waals surface area contributed by atoms with Gasteiger partial charge in [-0.25, -0.2) is 9.37 Å². The van der Waals surface area contributed by atoms with Crippen molar-refractivity contribution in [2.24, 2.45) is 0 Å². The molecule has 4 rings (SSSR count). The highest BCUT2D eigenvalue weighted by atomic mass is 32.1. The number of aryl methyl sites for hydroxylation is 3. The van der Waals surface area contributed by atoms with Crippen molar-refractivity contribution in [3.05, 3.63) is 45.9 Å². The molecule has 1 aliphatic carbocycles. The van der Waals surface area contributed by atoms with Crippen LogP contribution in [0.2, 0.25) is 0 Å². The first kappa shape index (κ1) is 15.3. The summed E-state index contributed by atoms with van der Waals surface area (Å²) in [5.41, 5.74) is 2.37. The molecule has 0 fully saturated rings. The van der Waals surface area contributed by atoms with Crippen LogP contribution < -0.4 is 5.32 Å². The molecule has 0 aliphatic heterocycles. The Hall–Kier alpha value is -2.21. The van der Waals surface area contributed by atoms with Crippen molar-refractivity contribution in [1.29, 1.82) is 0 Å². The number of thiazole rings is 1. The second-order valence-electron chi connectivity index (χ2n) is 6.07. The van der Waals surface area contributed by atoms with Gasteiger partial charge in [0.2, 0.25) is 5.78 Å². The number of anilines is 1. The predicted octanol–water partition coefficient (Wildman–Crippen LogP) is 4.51. The van der Waals surface area contributed by atoms with E-state index in [0.717, 1.165) is 23.7 Å². The van der Waals surface area contributed by atoms with Gasteiger partial charge in [-0.3, -0.25) is 4.79 Å². The lowest BCUT2D eigenvalue weighted by Gasteiger charge is -2.06. The summed E-state index contributed by atoms with van der Waals surface area (Å²) in [6, 6.07) is 4.28. The third-order valence-electron chi connectivity index (χ3n) is 4.40. The van der Waals surface area contributed by atoms with E-state index < -0.39 is 0 Å². The van der Waals surface area contributed by atoms with Crippen molar-refractivity contribution in [3.63, 3.8) is 0 Å². The SMILES string of the molecule is Cc1c(C(=O)CNc2nc3c(s2)CCCC3)oc2ccc(F)cc12. The number of rotatable bonds is 4. The van der Waals surface area contributed by atoms with Gasteiger partial charge in [-0.15, -0.1) is 11.3 Å². The summed E-state index contributed by atoms with van der Waals surface area (Å²) in [5.74, 6) is -0.210. The molecule has 0 bridgehead atoms. The Morgan fingerprint density at radius 2 is 2.21 bits per heavy atom. The van der Waals surface area contributed by atoms with Crippen LogP contribution in [0.15, 0.2) is 22.6 Å². The molecule has 1 N–H and O–H groups in total. The number of carbonyl (C=O) groups is 1. The Kier molecular flexibility index (Phi) is 3.84. The highest BCUT2D eigenvalue weighted by molar-refractivity contribution is 7.15. The van der Waals surface area contributed by atoms with Crippen LogP contribution in [-0.4, -0.2) is 17.3 Å². The molecule has 0 atom stereocenters. The zero-order valence-electron chi connectivity index (χ0n) is 13.3. The minimum Gasteiger partial charge on any atom is -0.453 e. The number of Topliss-reactive ketones (excluding diaryl/α,β-unsaturated/α-hetero) is 1. The molecular weight excluding hydrogens is 327 g/mol. The Morgan fingerprint density at radius 3 is 3.04 bits per heavy atom. The molecule has 0 amide bonds. The fraction of sp³-hybridized carbons (Fsp3) is 0.333. The van der Waals surface area contributed by atoms with Gasteiger partial charge >= 0.3 is 0 Å². The second kappa shape index (κ2) is 6.02. The van der Waals surface area contributed by atoms with E-state index in [9.17, 15) is 9.18 Å². The Labute approximate surface area is 142 Å². The van der Waals surface area contributed by atoms with E-state index in [1.54, 1.807) is 24.3 Å². The fourth-order valence-corrected chi connectivity index (χ4v) is 4.17. The maximum Gasteiger partial charge on any atom is 0.217 e. The van der Waals surface area contributed by atoms with Gasteiger partial charge in [0.05, 0.1) is 12.2 Å². The number of nitrogens with zero attached hydrogens (tertiary/aromatic N) is 1. The smallest absolute Gasteiger partial charge is 0.217 e. The van der Waals surface area contributed by atoms with Crippen molar-refractivity contribution in [2.45, 2.75) is 32.6 Å². The van der Waals surface area contributed by atoms with Crippen molar-refractivity contribution in [3.8, 4) is 0 Å². The van der Waals surface area contributed by atoms with E-state index in [0.29, 0.717) is 16.5 Å². The number of benzene rings is 1. The zero-order valence-corrected chi connectivity index (χ0v) is 14.1. The maximum absolute atomic E-state index is 13.4. The van der Waals surface area contributed by atoms with Crippen LogP contribution in [0.3, 0.4) is 0 Å². The van der Waals surface area contributed by atoms with Crippen LogP contribution in [0.1, 0.15) is 39.5 Å². The summed E-state index contributed by atoms with van der Waals surface area (Å²) in [6.07, 6.45) is 4.50. The van der Waals surface area contributed by atoms with Crippen LogP contribution in [0, 0.1) is 12.7 Å². The largest absolute Gasteiger partial charge is 0.453 e. The average Bonchev–Trinajstić information content (AvgIpc) is 3.14. The highest BCUT2D eigenvalue weighted by Gasteiger charge is 2.19. The van der Waals surface area contributed by atoms with Gasteiger partial charge in [-0.1, -0.05) is 0 Å². The first-order valence-corrected chi connectivity index (χ1v) is 8.88. The van der Waals surface area contributed by atoms with Gasteiger partial charge in [0, 0.05) is 15.8 Å². The van der Waals surface area contributed by atoms with Gasteiger partial charge in [-0.05, 0) is 50.8 Å². The van der Waals surface area contributed by atoms with Crippen LogP contribution >= 0.6 is 11.3 Å². The summed E-state index contributed by atoms with van der Waals surface area (Å²) in [6.45, 7) is 1.90. The molecule has 3 aromatic rings. The molecule has 2 heterocycles. The molecule has 0 unspecified atom stereocenters. The van der Waals surface area contributed by atoms with Gasteiger partial charge in [0.15, 0.2) is 10.9 Å². The van der Waals surface area contributed by atoms with Crippen LogP contribution in [0.4, 0.5) is 9.52 Å². The lowest BCUT2D eigenvalue weighted by molar-refractivity contribution is 0.0981. The summed E-state index contributed by atoms with van der Waals surface area (Å²) >= 11 is 1.63. The standard InChI is InChI=1S/C18H17FN2O2S/c1-10-12-8-11(19)6-7-15(12)23-17(10)14(22)9-20-18-21-13-4-2-3-5-16(13)24-18/h6-8H,2-5,9H2,1H3,(H,20,21). The lowest BCUT2D eigenvalue weighted by Crippen LogP contribution is -2.14. The third-order valence-corrected chi connectivity index (χ3v) is 5.51. The number of hydrogen-bond acceptors (Lipinski definition) is 5. The van der Waals surface area contributed by atoms with Gasteiger partial charge < -0.3 is 9.73 Å². The Balaban J connectivity index is 1.52. The Bertz CT molecular complexity index is 905. The van der Waals surface area contributed by atoms with E-state index in [1.165, 1.54) is 29.9 Å². The average molecular weight is 344 g/mol. The molecule has 6 heteroatoms. The highest BCUT2D eigenvalue weighted by Crippen LogP contribution is 2.30. The number of aromatic nitrogens is 1. The normalized spacial score (nSPS) is 13.9. The first-order chi connectivity index (χ1) is 11.6. The van der Waals surface area contributed by atoms with Gasteiger partial charge in [0.25, 0.3) is 0 Å². The van der Waals surface area contributed by atoms with E-state index in [1.807, 2.05) is 0 Å². The molecular formula is C18H17FN2O2S. The molecule has 1 aliphatic rings. The van der Waals surface area contributed by atoms with E-state index in [-0.39, 0.29) is 23.9 Å². The zero-order chi connectivity index (χ0) is 16.7. The number of hydrogen-bond donors (Lipinski definition) is 1. The second-order valence-corrected chi connectivity index (χ2v) is 7.15. The van der Waals surface area contributed by atoms with Crippen molar-refractivity contribution in [2.75, 3.05) is 11.9 Å². The van der Waals surface area contributed by atoms with Crippen molar-refractivity contribution >= 4 is 33.2 Å². The third kappa shape index (κ3) is 2.71.